The van der Waals surface area contributed by atoms with Crippen LogP contribution in [0.5, 0.6) is 11.5 Å². The van der Waals surface area contributed by atoms with Gasteiger partial charge in [-0.25, -0.2) is 0 Å². The van der Waals surface area contributed by atoms with E-state index < -0.39 is 0 Å². The molecule has 0 heterocycles. The van der Waals surface area contributed by atoms with Gasteiger partial charge in [0.05, 0.1) is 7.11 Å². The third kappa shape index (κ3) is 6.10. The van der Waals surface area contributed by atoms with Gasteiger partial charge in [0.25, 0.3) is 0 Å². The first-order chi connectivity index (χ1) is 8.13. The Morgan fingerprint density at radius 2 is 1.89 bits per heavy atom. The van der Waals surface area contributed by atoms with Crippen LogP contribution in [0.4, 0.5) is 0 Å². The van der Waals surface area contributed by atoms with Crippen LogP contribution in [0.1, 0.15) is 6.92 Å². The number of hydrogen-bond donors (Lipinski definition) is 1. The van der Waals surface area contributed by atoms with Crippen LogP contribution in [0.25, 0.3) is 0 Å². The van der Waals surface area contributed by atoms with Crippen molar-refractivity contribution in [3.63, 3.8) is 0 Å². The summed E-state index contributed by atoms with van der Waals surface area (Å²) in [5, 5.41) is 0. The Morgan fingerprint density at radius 1 is 1.28 bits per heavy atom. The Labute approximate surface area is 115 Å². The molecule has 1 rings (SSSR count). The lowest BCUT2D eigenvalue weighted by molar-refractivity contribution is 0.225. The Balaban J connectivity index is 0.00000289. The summed E-state index contributed by atoms with van der Waals surface area (Å²) in [6.07, 6.45) is 0. The number of nitrogens with two attached hydrogens (primary N) is 1. The molecule has 0 fully saturated rings. The molecular weight excluding hydrogens is 252 g/mol. The van der Waals surface area contributed by atoms with Gasteiger partial charge in [0.1, 0.15) is 6.61 Å². The first-order valence-corrected chi connectivity index (χ1v) is 5.83. The average Bonchev–Trinajstić information content (AvgIpc) is 2.28. The standard InChI is InChI=1S/C13H22N2O2.ClH/c1-11(14)10-15(2)8-9-17-13-7-5-4-6-12(13)16-3;/h4-7,11H,8-10,14H2,1-3H3;1H. The van der Waals surface area contributed by atoms with E-state index in [9.17, 15) is 0 Å². The topological polar surface area (TPSA) is 47.7 Å². The fraction of sp³-hybridized carbons (Fsp3) is 0.538. The summed E-state index contributed by atoms with van der Waals surface area (Å²) in [6.45, 7) is 4.34. The van der Waals surface area contributed by atoms with Gasteiger partial charge in [0, 0.05) is 19.1 Å². The van der Waals surface area contributed by atoms with Crippen LogP contribution in [0, 0.1) is 0 Å². The highest BCUT2D eigenvalue weighted by atomic mass is 35.5. The SMILES string of the molecule is COc1ccccc1OCCN(C)CC(C)N.Cl. The molecule has 0 amide bonds. The van der Waals surface area contributed by atoms with Crippen LogP contribution in [0.3, 0.4) is 0 Å². The van der Waals surface area contributed by atoms with Gasteiger partial charge >= 0.3 is 0 Å². The number of benzene rings is 1. The molecule has 0 aliphatic rings. The molecule has 0 saturated heterocycles. The summed E-state index contributed by atoms with van der Waals surface area (Å²) in [5.41, 5.74) is 5.72. The molecule has 18 heavy (non-hydrogen) atoms. The van der Waals surface area contributed by atoms with E-state index in [1.807, 2.05) is 38.2 Å². The smallest absolute Gasteiger partial charge is 0.161 e. The van der Waals surface area contributed by atoms with Gasteiger partial charge in [0.2, 0.25) is 0 Å². The van der Waals surface area contributed by atoms with E-state index in [0.717, 1.165) is 24.6 Å². The molecular formula is C13H23ClN2O2. The van der Waals surface area contributed by atoms with E-state index >= 15 is 0 Å². The normalized spacial score (nSPS) is 11.8. The second kappa shape index (κ2) is 9.03. The summed E-state index contributed by atoms with van der Waals surface area (Å²) < 4.78 is 10.9. The summed E-state index contributed by atoms with van der Waals surface area (Å²) >= 11 is 0. The zero-order valence-electron chi connectivity index (χ0n) is 11.3. The number of halogens is 1. The van der Waals surface area contributed by atoms with E-state index in [1.165, 1.54) is 0 Å². The highest BCUT2D eigenvalue weighted by molar-refractivity contribution is 5.85. The number of rotatable bonds is 7. The predicted octanol–water partition coefficient (Wildman–Crippen LogP) is 1.77. The van der Waals surface area contributed by atoms with Gasteiger partial charge in [-0.1, -0.05) is 12.1 Å². The van der Waals surface area contributed by atoms with Crippen molar-refractivity contribution in [3.05, 3.63) is 24.3 Å². The molecule has 0 spiro atoms. The van der Waals surface area contributed by atoms with E-state index in [4.69, 9.17) is 15.2 Å². The third-order valence-electron chi connectivity index (χ3n) is 2.40. The van der Waals surface area contributed by atoms with Gasteiger partial charge in [-0.05, 0) is 26.1 Å². The molecule has 1 aromatic rings. The Bertz CT molecular complexity index is 335. The van der Waals surface area contributed by atoms with Crippen LogP contribution in [0.15, 0.2) is 24.3 Å². The number of para-hydroxylation sites is 2. The first-order valence-electron chi connectivity index (χ1n) is 5.83. The maximum absolute atomic E-state index is 5.72. The second-order valence-corrected chi connectivity index (χ2v) is 4.24. The van der Waals surface area contributed by atoms with Crippen LogP contribution >= 0.6 is 12.4 Å². The highest BCUT2D eigenvalue weighted by Crippen LogP contribution is 2.25. The van der Waals surface area contributed by atoms with Crippen LogP contribution < -0.4 is 15.2 Å². The molecule has 5 heteroatoms. The summed E-state index contributed by atoms with van der Waals surface area (Å²) in [7, 11) is 3.68. The van der Waals surface area contributed by atoms with Crippen LogP contribution in [-0.2, 0) is 0 Å². The zero-order chi connectivity index (χ0) is 12.7. The Kier molecular flexibility index (Phi) is 8.54. The van der Waals surface area contributed by atoms with Crippen molar-refractivity contribution in [1.29, 1.82) is 0 Å². The average molecular weight is 275 g/mol. The van der Waals surface area contributed by atoms with Crippen molar-refractivity contribution in [2.75, 3.05) is 33.9 Å². The molecule has 0 aromatic heterocycles. The molecule has 1 aromatic carbocycles. The minimum absolute atomic E-state index is 0. The third-order valence-corrected chi connectivity index (χ3v) is 2.40. The van der Waals surface area contributed by atoms with Crippen molar-refractivity contribution >= 4 is 12.4 Å². The minimum Gasteiger partial charge on any atom is -0.493 e. The molecule has 0 aliphatic heterocycles. The van der Waals surface area contributed by atoms with Crippen molar-refractivity contribution in [2.45, 2.75) is 13.0 Å². The quantitative estimate of drug-likeness (QED) is 0.823. The lowest BCUT2D eigenvalue weighted by Crippen LogP contribution is -2.35. The van der Waals surface area contributed by atoms with Crippen molar-refractivity contribution < 1.29 is 9.47 Å². The maximum atomic E-state index is 5.72. The van der Waals surface area contributed by atoms with Gasteiger partial charge in [-0.3, -0.25) is 0 Å². The largest absolute Gasteiger partial charge is 0.493 e. The van der Waals surface area contributed by atoms with E-state index in [2.05, 4.69) is 4.90 Å². The summed E-state index contributed by atoms with van der Waals surface area (Å²) in [5.74, 6) is 1.55. The van der Waals surface area contributed by atoms with Crippen molar-refractivity contribution in [3.8, 4) is 11.5 Å². The van der Waals surface area contributed by atoms with Crippen molar-refractivity contribution in [1.82, 2.24) is 4.90 Å². The number of nitrogens with zero attached hydrogens (tertiary/aromatic N) is 1. The molecule has 2 N–H and O–H groups in total. The molecule has 104 valence electrons. The molecule has 0 bridgehead atoms. The summed E-state index contributed by atoms with van der Waals surface area (Å²) in [4.78, 5) is 2.15. The summed E-state index contributed by atoms with van der Waals surface area (Å²) in [6, 6.07) is 7.84. The van der Waals surface area contributed by atoms with E-state index in [1.54, 1.807) is 7.11 Å². The zero-order valence-corrected chi connectivity index (χ0v) is 12.1. The van der Waals surface area contributed by atoms with Gasteiger partial charge in [-0.2, -0.15) is 0 Å². The lowest BCUT2D eigenvalue weighted by atomic mass is 10.3. The molecule has 1 unspecified atom stereocenters. The molecule has 0 radical (unpaired) electrons. The van der Waals surface area contributed by atoms with Gasteiger partial charge in [0.15, 0.2) is 11.5 Å². The molecule has 1 atom stereocenters. The second-order valence-electron chi connectivity index (χ2n) is 4.24. The minimum atomic E-state index is 0. The van der Waals surface area contributed by atoms with E-state index in [0.29, 0.717) is 6.61 Å². The Hall–Kier alpha value is -0.970. The monoisotopic (exact) mass is 274 g/mol. The number of hydrogen-bond acceptors (Lipinski definition) is 4. The number of likely N-dealkylation sites (N-methyl/N-ethyl adjacent to an activating group) is 1. The van der Waals surface area contributed by atoms with Gasteiger partial charge in [-0.15, -0.1) is 12.4 Å². The van der Waals surface area contributed by atoms with Crippen LogP contribution in [0.2, 0.25) is 0 Å². The molecule has 0 saturated carbocycles. The molecule has 4 nitrogen and oxygen atoms in total. The maximum Gasteiger partial charge on any atom is 0.161 e. The van der Waals surface area contributed by atoms with E-state index in [-0.39, 0.29) is 18.4 Å². The molecule has 0 aliphatic carbocycles. The fourth-order valence-electron chi connectivity index (χ4n) is 1.63. The van der Waals surface area contributed by atoms with Crippen LogP contribution in [-0.4, -0.2) is 44.8 Å². The predicted molar refractivity (Wildman–Crippen MR) is 76.9 cm³/mol. The lowest BCUT2D eigenvalue weighted by Gasteiger charge is -2.19. The van der Waals surface area contributed by atoms with Crippen molar-refractivity contribution in [2.24, 2.45) is 5.73 Å². The highest BCUT2D eigenvalue weighted by Gasteiger charge is 2.04. The number of methoxy groups -OCH3 is 1. The number of ether oxygens (including phenoxy) is 2. The fourth-order valence-corrected chi connectivity index (χ4v) is 1.63. The Morgan fingerprint density at radius 3 is 2.44 bits per heavy atom. The first kappa shape index (κ1) is 17.0. The van der Waals surface area contributed by atoms with Gasteiger partial charge < -0.3 is 20.1 Å².